The fourth-order valence-electron chi connectivity index (χ4n) is 4.40. The number of carbonyl (C=O) groups is 2. The van der Waals surface area contributed by atoms with Crippen LogP contribution in [0.1, 0.15) is 44.3 Å². The lowest BCUT2D eigenvalue weighted by Crippen LogP contribution is -2.55. The summed E-state index contributed by atoms with van der Waals surface area (Å²) in [6.07, 6.45) is 4.15. The number of rotatable bonds is 8. The molecule has 0 N–H and O–H groups in total. The zero-order valence-corrected chi connectivity index (χ0v) is 20.5. The maximum absolute atomic E-state index is 13.2. The summed E-state index contributed by atoms with van der Waals surface area (Å²) in [5, 5.41) is 0. The van der Waals surface area contributed by atoms with Gasteiger partial charge in [0.2, 0.25) is 5.91 Å². The molecule has 32 heavy (non-hydrogen) atoms. The summed E-state index contributed by atoms with van der Waals surface area (Å²) < 4.78 is 13.3. The van der Waals surface area contributed by atoms with Crippen molar-refractivity contribution in [1.82, 2.24) is 19.6 Å². The van der Waals surface area contributed by atoms with Gasteiger partial charge in [-0.2, -0.15) is 0 Å². The molecule has 0 radical (unpaired) electrons. The Balaban J connectivity index is 0.00000385. The van der Waals surface area contributed by atoms with Crippen LogP contribution in [0, 0.1) is 0 Å². The second kappa shape index (κ2) is 13.0. The highest BCUT2D eigenvalue weighted by Gasteiger charge is 2.29. The van der Waals surface area contributed by atoms with E-state index in [-0.39, 0.29) is 36.8 Å². The first-order valence-corrected chi connectivity index (χ1v) is 11.6. The van der Waals surface area contributed by atoms with Gasteiger partial charge in [0.25, 0.3) is 5.91 Å². The zero-order valence-electron chi connectivity index (χ0n) is 20.7. The molecule has 3 rings (SSSR count). The molecule has 7 nitrogen and oxygen atoms in total. The minimum Gasteiger partial charge on any atom is -0.497 e. The van der Waals surface area contributed by atoms with Gasteiger partial charge in [-0.05, 0) is 63.6 Å². The summed E-state index contributed by atoms with van der Waals surface area (Å²) in [6, 6.07) is 5.59. The first-order valence-electron chi connectivity index (χ1n) is 12.1. The van der Waals surface area contributed by atoms with E-state index in [9.17, 15) is 9.59 Å². The molecule has 2 saturated heterocycles. The van der Waals surface area contributed by atoms with Crippen LogP contribution in [0.5, 0.6) is 5.75 Å². The number of amides is 2. The molecule has 2 fully saturated rings. The van der Waals surface area contributed by atoms with Gasteiger partial charge in [-0.1, -0.05) is 13.3 Å². The average Bonchev–Trinajstić information content (AvgIpc) is 2.81. The minimum atomic E-state index is -0.260. The van der Waals surface area contributed by atoms with Crippen molar-refractivity contribution in [2.45, 2.75) is 38.6 Å². The quantitative estimate of drug-likeness (QED) is 0.588. The van der Waals surface area contributed by atoms with Crippen LogP contribution in [0.4, 0.5) is 0 Å². The van der Waals surface area contributed by atoms with Crippen LogP contribution in [0.25, 0.3) is 0 Å². The summed E-state index contributed by atoms with van der Waals surface area (Å²) in [5.41, 5.74) is 0.307. The van der Waals surface area contributed by atoms with E-state index in [0.29, 0.717) is 37.0 Å². The van der Waals surface area contributed by atoms with Crippen LogP contribution in [0.2, 0.25) is 0 Å². The maximum Gasteiger partial charge on any atom is 0.254 e. The van der Waals surface area contributed by atoms with E-state index >= 15 is 0 Å². The van der Waals surface area contributed by atoms with E-state index in [1.54, 1.807) is 17.0 Å². The number of hydrogen-bond acceptors (Lipinski definition) is 5. The van der Waals surface area contributed by atoms with Crippen molar-refractivity contribution in [3.8, 4) is 5.75 Å². The topological polar surface area (TPSA) is 56.3 Å². The molecule has 180 valence electrons. The Morgan fingerprint density at radius 2 is 1.81 bits per heavy atom. The fraction of sp³-hybridized carbons (Fsp3) is 0.667. The molecule has 2 aliphatic rings. The second-order valence-electron chi connectivity index (χ2n) is 8.67. The number of hydrogen-bond donors (Lipinski definition) is 0. The predicted molar refractivity (Wildman–Crippen MR) is 130 cm³/mol. The largest absolute Gasteiger partial charge is 0.497 e. The van der Waals surface area contributed by atoms with Crippen molar-refractivity contribution in [3.63, 3.8) is 0 Å². The number of piperidine rings is 1. The van der Waals surface area contributed by atoms with Gasteiger partial charge in [0.15, 0.2) is 0 Å². The summed E-state index contributed by atoms with van der Waals surface area (Å²) in [5.74, 6) is 0.284. The molecule has 0 bridgehead atoms. The molecule has 0 atom stereocenters. The van der Waals surface area contributed by atoms with Crippen LogP contribution in [-0.2, 0) is 4.79 Å². The molecule has 1 aromatic rings. The highest BCUT2D eigenvalue weighted by atomic mass is 35.5. The molecule has 0 spiro atoms. The normalized spacial score (nSPS) is 18.6. The number of benzene rings is 1. The molecule has 2 aliphatic heterocycles. The van der Waals surface area contributed by atoms with Crippen LogP contribution < -0.4 is 4.74 Å². The van der Waals surface area contributed by atoms with Crippen LogP contribution in [-0.4, -0.2) is 104 Å². The number of unbranched alkanes of at least 4 members (excludes halogenated alkanes) is 1. The first kappa shape index (κ1) is 24.8. The molecule has 2 amide bonds. The van der Waals surface area contributed by atoms with Gasteiger partial charge < -0.3 is 19.4 Å². The van der Waals surface area contributed by atoms with Crippen molar-refractivity contribution in [3.05, 3.63) is 29.8 Å². The Morgan fingerprint density at radius 1 is 1.12 bits per heavy atom. The van der Waals surface area contributed by atoms with E-state index in [4.69, 9.17) is 6.11 Å². The Morgan fingerprint density at radius 3 is 2.41 bits per heavy atom. The maximum atomic E-state index is 13.2. The summed E-state index contributed by atoms with van der Waals surface area (Å²) in [6.45, 7) is 8.16. The van der Waals surface area contributed by atoms with Gasteiger partial charge in [-0.25, -0.2) is 0 Å². The smallest absolute Gasteiger partial charge is 0.254 e. The minimum absolute atomic E-state index is 0. The third-order valence-corrected chi connectivity index (χ3v) is 6.52. The number of carbonyl (C=O) groups excluding carboxylic acids is 2. The molecule has 0 saturated carbocycles. The van der Waals surface area contributed by atoms with E-state index in [0.717, 1.165) is 39.0 Å². The number of likely N-dealkylation sites (tertiary alicyclic amines) is 1. The molecule has 2 heterocycles. The van der Waals surface area contributed by atoms with Gasteiger partial charge in [-0.3, -0.25) is 14.5 Å². The number of ether oxygens (including phenoxy) is 1. The van der Waals surface area contributed by atoms with Crippen molar-refractivity contribution < 1.29 is 15.7 Å². The zero-order chi connectivity index (χ0) is 23.1. The molecular weight excluding hydrogens is 428 g/mol. The van der Waals surface area contributed by atoms with Crippen molar-refractivity contribution in [2.24, 2.45) is 0 Å². The van der Waals surface area contributed by atoms with E-state index in [2.05, 4.69) is 23.8 Å². The predicted octanol–water partition coefficient (Wildman–Crippen LogP) is 2.60. The van der Waals surface area contributed by atoms with E-state index < -0.39 is 0 Å². The SMILES string of the molecule is Cl.[2H]c1cc(OC)ccc1C(=O)N(CCCC)CC(=O)N1CCN(C2CCN(C)CC2)CC1. The lowest BCUT2D eigenvalue weighted by Gasteiger charge is -2.42. The Hall–Kier alpha value is -1.83. The monoisotopic (exact) mass is 467 g/mol. The Bertz CT molecular complexity index is 781. The summed E-state index contributed by atoms with van der Waals surface area (Å²) in [4.78, 5) is 34.6. The highest BCUT2D eigenvalue weighted by molar-refractivity contribution is 5.96. The fourth-order valence-corrected chi connectivity index (χ4v) is 4.40. The van der Waals surface area contributed by atoms with Gasteiger partial charge >= 0.3 is 0 Å². The molecule has 1 aromatic carbocycles. The van der Waals surface area contributed by atoms with Gasteiger partial charge in [0.05, 0.1) is 8.48 Å². The second-order valence-corrected chi connectivity index (χ2v) is 8.67. The van der Waals surface area contributed by atoms with E-state index in [1.165, 1.54) is 26.0 Å². The highest BCUT2D eigenvalue weighted by Crippen LogP contribution is 2.18. The number of methoxy groups -OCH3 is 1. The third kappa shape index (κ3) is 7.09. The van der Waals surface area contributed by atoms with Crippen molar-refractivity contribution in [2.75, 3.05) is 66.5 Å². The Labute approximate surface area is 200 Å². The van der Waals surface area contributed by atoms with Crippen molar-refractivity contribution >= 4 is 24.2 Å². The van der Waals surface area contributed by atoms with Crippen LogP contribution in [0.3, 0.4) is 0 Å². The Kier molecular flexibility index (Phi) is 10.1. The van der Waals surface area contributed by atoms with Gasteiger partial charge in [0.1, 0.15) is 12.3 Å². The lowest BCUT2D eigenvalue weighted by atomic mass is 10.0. The summed E-state index contributed by atoms with van der Waals surface area (Å²) >= 11 is 0. The van der Waals surface area contributed by atoms with E-state index in [1.807, 2.05) is 4.90 Å². The third-order valence-electron chi connectivity index (χ3n) is 6.52. The van der Waals surface area contributed by atoms with Crippen LogP contribution >= 0.6 is 12.4 Å². The average molecular weight is 468 g/mol. The molecule has 8 heteroatoms. The lowest BCUT2D eigenvalue weighted by molar-refractivity contribution is -0.134. The molecule has 0 aliphatic carbocycles. The standard InChI is InChI=1S/C24H38N4O3.ClH/c1-4-5-12-28(24(30)20-6-8-22(31-3)9-7-20)19-23(29)27-17-15-26(16-18-27)21-10-13-25(2)14-11-21;/h6-9,21H,4-5,10-19H2,1-3H3;1H/i6D;. The van der Waals surface area contributed by atoms with Crippen LogP contribution in [0.15, 0.2) is 24.2 Å². The van der Waals surface area contributed by atoms with Crippen molar-refractivity contribution in [1.29, 1.82) is 0 Å². The molecule has 0 unspecified atom stereocenters. The number of nitrogens with zero attached hydrogens (tertiary/aromatic N) is 4. The first-order chi connectivity index (χ1) is 15.4. The summed E-state index contributed by atoms with van der Waals surface area (Å²) in [7, 11) is 3.71. The number of piperazine rings is 1. The molecule has 0 aromatic heterocycles. The van der Waals surface area contributed by atoms with Gasteiger partial charge in [-0.15, -0.1) is 12.4 Å². The van der Waals surface area contributed by atoms with Gasteiger partial charge in [0, 0.05) is 44.3 Å². The number of halogens is 1. The molecular formula is C24H39ClN4O3.